The molecular weight excluding hydrogens is 336 g/mol. The van der Waals surface area contributed by atoms with Crippen molar-refractivity contribution in [1.82, 2.24) is 19.8 Å². The molecule has 0 saturated heterocycles. The molecule has 0 bridgehead atoms. The van der Waals surface area contributed by atoms with Crippen LogP contribution in [0.3, 0.4) is 0 Å². The first-order valence-corrected chi connectivity index (χ1v) is 8.31. The van der Waals surface area contributed by atoms with Crippen molar-refractivity contribution in [3.8, 4) is 0 Å². The van der Waals surface area contributed by atoms with Crippen LogP contribution in [0.5, 0.6) is 0 Å². The lowest BCUT2D eigenvalue weighted by molar-refractivity contribution is -0.110. The summed E-state index contributed by atoms with van der Waals surface area (Å²) in [6, 6.07) is 0. The number of fused-ring (bicyclic) bond motifs is 1. The summed E-state index contributed by atoms with van der Waals surface area (Å²) in [7, 11) is 5.35. The van der Waals surface area contributed by atoms with E-state index in [-0.39, 0.29) is 5.91 Å². The van der Waals surface area contributed by atoms with Gasteiger partial charge in [0.05, 0.1) is 11.1 Å². The Morgan fingerprint density at radius 2 is 2.00 bits per heavy atom. The minimum atomic E-state index is -0.538. The number of ether oxygens (including phenoxy) is 1. The van der Waals surface area contributed by atoms with Gasteiger partial charge in [0, 0.05) is 40.4 Å². The Morgan fingerprint density at radius 1 is 1.31 bits per heavy atom. The van der Waals surface area contributed by atoms with Gasteiger partial charge in [0.1, 0.15) is 23.6 Å². The van der Waals surface area contributed by atoms with Crippen LogP contribution in [0.4, 0.5) is 16.4 Å². The molecule has 0 fully saturated rings. The third-order valence-electron chi connectivity index (χ3n) is 3.43. The van der Waals surface area contributed by atoms with Crippen molar-refractivity contribution >= 4 is 29.2 Å². The summed E-state index contributed by atoms with van der Waals surface area (Å²) in [6.45, 7) is 6.34. The normalized spacial score (nSPS) is 14.7. The molecule has 2 amide bonds. The fourth-order valence-electron chi connectivity index (χ4n) is 2.31. The molecule has 1 aliphatic heterocycles. The van der Waals surface area contributed by atoms with Gasteiger partial charge in [-0.2, -0.15) is 0 Å². The van der Waals surface area contributed by atoms with Crippen molar-refractivity contribution in [3.05, 3.63) is 18.1 Å². The first-order chi connectivity index (χ1) is 12.1. The van der Waals surface area contributed by atoms with E-state index in [1.54, 1.807) is 18.1 Å². The fourth-order valence-corrected chi connectivity index (χ4v) is 2.31. The molecule has 0 atom stereocenters. The van der Waals surface area contributed by atoms with Crippen LogP contribution in [0.1, 0.15) is 26.3 Å². The van der Waals surface area contributed by atoms with Gasteiger partial charge in [-0.25, -0.2) is 14.8 Å². The van der Waals surface area contributed by atoms with Gasteiger partial charge in [-0.15, -0.1) is 0 Å². The molecule has 1 aromatic rings. The lowest BCUT2D eigenvalue weighted by Crippen LogP contribution is -2.36. The largest absolute Gasteiger partial charge is 0.444 e. The second kappa shape index (κ2) is 7.59. The molecule has 26 heavy (non-hydrogen) atoms. The molecule has 142 valence electrons. The van der Waals surface area contributed by atoms with E-state index in [2.05, 4.69) is 20.6 Å². The van der Waals surface area contributed by atoms with Crippen molar-refractivity contribution in [2.75, 3.05) is 44.9 Å². The van der Waals surface area contributed by atoms with Crippen LogP contribution < -0.4 is 10.6 Å². The summed E-state index contributed by atoms with van der Waals surface area (Å²) in [4.78, 5) is 35.8. The number of nitrogens with zero attached hydrogens (tertiary/aromatic N) is 4. The number of anilines is 2. The van der Waals surface area contributed by atoms with Crippen LogP contribution >= 0.6 is 0 Å². The monoisotopic (exact) mass is 362 g/mol. The summed E-state index contributed by atoms with van der Waals surface area (Å²) in [5, 5.41) is 5.89. The zero-order valence-corrected chi connectivity index (χ0v) is 16.1. The first kappa shape index (κ1) is 19.5. The van der Waals surface area contributed by atoms with E-state index < -0.39 is 11.7 Å². The number of carbonyl (C=O) groups excluding carboxylic acids is 2. The minimum absolute atomic E-state index is 0.219. The highest BCUT2D eigenvalue weighted by atomic mass is 16.6. The summed E-state index contributed by atoms with van der Waals surface area (Å²) in [6.07, 6.45) is 2.72. The third kappa shape index (κ3) is 4.84. The van der Waals surface area contributed by atoms with E-state index in [0.717, 1.165) is 0 Å². The predicted molar refractivity (Wildman–Crippen MR) is 99.7 cm³/mol. The van der Waals surface area contributed by atoms with Gasteiger partial charge in [0.25, 0.3) is 5.91 Å². The summed E-state index contributed by atoms with van der Waals surface area (Å²) in [5.74, 6) is 0.795. The number of amides is 2. The maximum absolute atomic E-state index is 12.2. The smallest absolute Gasteiger partial charge is 0.410 e. The van der Waals surface area contributed by atoms with Gasteiger partial charge >= 0.3 is 6.09 Å². The van der Waals surface area contributed by atoms with Crippen molar-refractivity contribution < 1.29 is 14.3 Å². The molecule has 2 N–H and O–H groups in total. The van der Waals surface area contributed by atoms with E-state index in [0.29, 0.717) is 35.9 Å². The first-order valence-electron chi connectivity index (χ1n) is 8.31. The lowest BCUT2D eigenvalue weighted by Gasteiger charge is -2.24. The molecule has 2 heterocycles. The molecule has 2 rings (SSSR count). The highest BCUT2D eigenvalue weighted by Crippen LogP contribution is 2.34. The van der Waals surface area contributed by atoms with Crippen molar-refractivity contribution in [1.29, 1.82) is 0 Å². The van der Waals surface area contributed by atoms with Gasteiger partial charge in [0.15, 0.2) is 0 Å². The fraction of sp³-hybridized carbons (Fsp3) is 0.529. The topological polar surface area (TPSA) is 99.7 Å². The van der Waals surface area contributed by atoms with E-state index in [1.807, 2.05) is 34.9 Å². The van der Waals surface area contributed by atoms with E-state index in [1.165, 1.54) is 11.2 Å². The molecule has 0 radical (unpaired) electrons. The molecule has 1 aliphatic rings. The molecule has 9 heteroatoms. The zero-order chi connectivity index (χ0) is 19.5. The lowest BCUT2D eigenvalue weighted by atomic mass is 10.1. The number of likely N-dealkylation sites (N-methyl/N-ethyl adjacent to an activating group) is 1. The quantitative estimate of drug-likeness (QED) is 0.768. The Labute approximate surface area is 153 Å². The Hall–Kier alpha value is -2.84. The Balaban J connectivity index is 2.05. The second-order valence-electron chi connectivity index (χ2n) is 7.24. The van der Waals surface area contributed by atoms with Gasteiger partial charge < -0.3 is 25.2 Å². The Morgan fingerprint density at radius 3 is 2.62 bits per heavy atom. The summed E-state index contributed by atoms with van der Waals surface area (Å²) < 4.78 is 5.32. The zero-order valence-electron chi connectivity index (χ0n) is 16.1. The van der Waals surface area contributed by atoms with Crippen molar-refractivity contribution in [3.63, 3.8) is 0 Å². The highest BCUT2D eigenvalue weighted by molar-refractivity contribution is 6.32. The number of rotatable bonds is 5. The van der Waals surface area contributed by atoms with Crippen LogP contribution in [0, 0.1) is 0 Å². The summed E-state index contributed by atoms with van der Waals surface area (Å²) >= 11 is 0. The highest BCUT2D eigenvalue weighted by Gasteiger charge is 2.29. The standard InChI is InChI=1S/C17H26N6O3/c1-17(2,3)26-16(25)23(6)8-7-18-13-12-11(9-22(4)5)15(24)21-14(12)20-10-19-13/h9-10H,7-8H2,1-6H3,(H2,18,19,20,21,24)/b11-9-. The Bertz CT molecular complexity index is 724. The van der Waals surface area contributed by atoms with Gasteiger partial charge in [-0.05, 0) is 20.8 Å². The van der Waals surface area contributed by atoms with Crippen LogP contribution in [0.2, 0.25) is 0 Å². The van der Waals surface area contributed by atoms with Crippen LogP contribution in [-0.4, -0.2) is 71.6 Å². The molecular formula is C17H26N6O3. The molecule has 1 aromatic heterocycles. The molecule has 0 saturated carbocycles. The summed E-state index contributed by atoms with van der Waals surface area (Å²) in [5.41, 5.74) is 0.587. The van der Waals surface area contributed by atoms with Gasteiger partial charge in [-0.1, -0.05) is 0 Å². The van der Waals surface area contributed by atoms with E-state index >= 15 is 0 Å². The molecule has 9 nitrogen and oxygen atoms in total. The van der Waals surface area contributed by atoms with Crippen LogP contribution in [0.25, 0.3) is 5.57 Å². The number of aromatic nitrogens is 2. The number of hydrogen-bond acceptors (Lipinski definition) is 7. The molecule has 0 spiro atoms. The number of carbonyl (C=O) groups is 2. The average Bonchev–Trinajstić information content (AvgIpc) is 2.81. The third-order valence-corrected chi connectivity index (χ3v) is 3.43. The van der Waals surface area contributed by atoms with Crippen molar-refractivity contribution in [2.24, 2.45) is 0 Å². The predicted octanol–water partition coefficient (Wildman–Crippen LogP) is 1.61. The number of nitrogens with one attached hydrogen (secondary N) is 2. The van der Waals surface area contributed by atoms with Gasteiger partial charge in [-0.3, -0.25) is 4.79 Å². The molecule has 0 aliphatic carbocycles. The average molecular weight is 362 g/mol. The SMILES string of the molecule is CN(C)/C=C1\C(=O)Nc2ncnc(NCCN(C)C(=O)OC(C)(C)C)c21. The number of hydrogen-bond donors (Lipinski definition) is 2. The molecule has 0 aromatic carbocycles. The van der Waals surface area contributed by atoms with E-state index in [4.69, 9.17) is 4.74 Å². The van der Waals surface area contributed by atoms with Gasteiger partial charge in [0.2, 0.25) is 0 Å². The van der Waals surface area contributed by atoms with Crippen LogP contribution in [0.15, 0.2) is 12.5 Å². The Kier molecular flexibility index (Phi) is 5.69. The minimum Gasteiger partial charge on any atom is -0.444 e. The maximum Gasteiger partial charge on any atom is 0.410 e. The van der Waals surface area contributed by atoms with Crippen molar-refractivity contribution in [2.45, 2.75) is 26.4 Å². The maximum atomic E-state index is 12.2. The van der Waals surface area contributed by atoms with Crippen LogP contribution in [-0.2, 0) is 9.53 Å². The molecule has 0 unspecified atom stereocenters. The second-order valence-corrected chi connectivity index (χ2v) is 7.24. The van der Waals surface area contributed by atoms with E-state index in [9.17, 15) is 9.59 Å².